The van der Waals surface area contributed by atoms with Crippen LogP contribution in [0, 0.1) is 0 Å². The maximum atomic E-state index is 11.6. The van der Waals surface area contributed by atoms with Gasteiger partial charge in [-0.1, -0.05) is 161 Å². The van der Waals surface area contributed by atoms with E-state index in [1.807, 2.05) is 33.0 Å². The molecule has 50 heavy (non-hydrogen) atoms. The summed E-state index contributed by atoms with van der Waals surface area (Å²) in [6.07, 6.45) is 34.0. The van der Waals surface area contributed by atoms with Crippen molar-refractivity contribution in [1.29, 1.82) is 0 Å². The number of ether oxygens (including phenoxy) is 2. The van der Waals surface area contributed by atoms with Crippen molar-refractivity contribution < 1.29 is 23.9 Å². The topological polar surface area (TPSA) is 93.7 Å². The number of carbonyl (C=O) groups excluding carboxylic acids is 3. The highest BCUT2D eigenvalue weighted by molar-refractivity contribution is 8.13. The van der Waals surface area contributed by atoms with Gasteiger partial charge in [0, 0.05) is 31.2 Å². The van der Waals surface area contributed by atoms with Crippen molar-refractivity contribution in [3.05, 3.63) is 24.3 Å². The third kappa shape index (κ3) is 48.3. The van der Waals surface area contributed by atoms with Crippen LogP contribution in [0.2, 0.25) is 0 Å². The second-order valence-electron chi connectivity index (χ2n) is 12.8. The highest BCUT2D eigenvalue weighted by atomic mass is 32.2. The Balaban J connectivity index is -0.000000884. The van der Waals surface area contributed by atoms with Crippen LogP contribution in [0.25, 0.3) is 0 Å². The lowest BCUT2D eigenvalue weighted by Crippen LogP contribution is -2.27. The summed E-state index contributed by atoms with van der Waals surface area (Å²) in [5.74, 6) is 0.638. The number of thioether (sulfide) groups is 1. The van der Waals surface area contributed by atoms with E-state index in [1.54, 1.807) is 0 Å². The summed E-state index contributed by atoms with van der Waals surface area (Å²) in [6.45, 7) is 14.3. The van der Waals surface area contributed by atoms with E-state index in [0.29, 0.717) is 32.1 Å². The molecule has 0 unspecified atom stereocenters. The Bertz CT molecular complexity index is 775. The fraction of sp³-hybridized carbons (Fsp3) is 0.833. The number of esters is 2. The molecular weight excluding hydrogens is 645 g/mol. The molecule has 0 spiro atoms. The Morgan fingerprint density at radius 1 is 0.580 bits per heavy atom. The van der Waals surface area contributed by atoms with Gasteiger partial charge in [-0.25, -0.2) is 0 Å². The van der Waals surface area contributed by atoms with Crippen LogP contribution < -0.4 is 10.6 Å². The second-order valence-corrected chi connectivity index (χ2v) is 13.8. The molecule has 0 aliphatic carbocycles. The van der Waals surface area contributed by atoms with Crippen LogP contribution >= 0.6 is 11.8 Å². The van der Waals surface area contributed by atoms with Crippen LogP contribution in [0.5, 0.6) is 0 Å². The third-order valence-electron chi connectivity index (χ3n) is 7.98. The van der Waals surface area contributed by atoms with Gasteiger partial charge in [0.15, 0.2) is 0 Å². The van der Waals surface area contributed by atoms with Crippen molar-refractivity contribution in [3.8, 4) is 0 Å². The van der Waals surface area contributed by atoms with E-state index >= 15 is 0 Å². The zero-order chi connectivity index (χ0) is 37.8. The van der Waals surface area contributed by atoms with Gasteiger partial charge in [0.25, 0.3) is 5.24 Å². The predicted molar refractivity (Wildman–Crippen MR) is 219 cm³/mol. The number of amides is 1. The minimum Gasteiger partial charge on any atom is -0.461 e. The van der Waals surface area contributed by atoms with E-state index in [1.165, 1.54) is 88.8 Å². The van der Waals surface area contributed by atoms with E-state index in [4.69, 9.17) is 9.47 Å². The van der Waals surface area contributed by atoms with E-state index in [0.717, 1.165) is 70.1 Å². The molecule has 0 aromatic heterocycles. The number of carbonyl (C=O) groups is 3. The summed E-state index contributed by atoms with van der Waals surface area (Å²) in [5.41, 5.74) is 0. The van der Waals surface area contributed by atoms with Crippen LogP contribution in [-0.4, -0.2) is 55.8 Å². The third-order valence-corrected chi connectivity index (χ3v) is 9.06. The fourth-order valence-electron chi connectivity index (χ4n) is 4.68. The molecule has 296 valence electrons. The number of hydrogen-bond donors (Lipinski definition) is 2. The van der Waals surface area contributed by atoms with Gasteiger partial charge in [0.1, 0.15) is 13.2 Å². The SMILES string of the molecule is CC.CCCCCC/C=C\COC(=O)CCCCCCCC.CCCCCC/C=C\COC(=O)CCCCCCCNC(=O)SC[C@H](C)NC. The monoisotopic (exact) mass is 727 g/mol. The lowest BCUT2D eigenvalue weighted by Gasteiger charge is -2.09. The van der Waals surface area contributed by atoms with Crippen LogP contribution in [-0.2, 0) is 19.1 Å². The number of nitrogens with one attached hydrogen (secondary N) is 2. The second kappa shape index (κ2) is 47.2. The highest BCUT2D eigenvalue weighted by Crippen LogP contribution is 2.09. The van der Waals surface area contributed by atoms with E-state index in [2.05, 4.69) is 50.5 Å². The van der Waals surface area contributed by atoms with Crippen LogP contribution in [0.1, 0.15) is 189 Å². The number of rotatable bonds is 32. The van der Waals surface area contributed by atoms with E-state index < -0.39 is 0 Å². The summed E-state index contributed by atoms with van der Waals surface area (Å²) in [5, 5.41) is 6.10. The van der Waals surface area contributed by atoms with Crippen molar-refractivity contribution in [3.63, 3.8) is 0 Å². The molecule has 0 aliphatic heterocycles. The predicted octanol–water partition coefficient (Wildman–Crippen LogP) is 12.3. The van der Waals surface area contributed by atoms with Gasteiger partial charge < -0.3 is 20.1 Å². The summed E-state index contributed by atoms with van der Waals surface area (Å²) < 4.78 is 10.4. The van der Waals surface area contributed by atoms with Gasteiger partial charge >= 0.3 is 11.9 Å². The number of allylic oxidation sites excluding steroid dienone is 2. The lowest BCUT2D eigenvalue weighted by atomic mass is 10.1. The number of hydrogen-bond acceptors (Lipinski definition) is 7. The zero-order valence-electron chi connectivity index (χ0n) is 33.9. The Morgan fingerprint density at radius 2 is 0.980 bits per heavy atom. The Hall–Kier alpha value is -1.80. The molecule has 1 atom stereocenters. The van der Waals surface area contributed by atoms with E-state index in [9.17, 15) is 14.4 Å². The summed E-state index contributed by atoms with van der Waals surface area (Å²) >= 11 is 1.33. The normalized spacial score (nSPS) is 11.4. The molecule has 0 aliphatic rings. The molecule has 2 N–H and O–H groups in total. The van der Waals surface area contributed by atoms with Crippen molar-refractivity contribution in [2.24, 2.45) is 0 Å². The van der Waals surface area contributed by atoms with Gasteiger partial charge in [-0.3, -0.25) is 14.4 Å². The number of unbranched alkanes of at least 4 members (excludes halogenated alkanes) is 17. The van der Waals surface area contributed by atoms with E-state index in [-0.39, 0.29) is 17.2 Å². The van der Waals surface area contributed by atoms with Gasteiger partial charge in [-0.2, -0.15) is 0 Å². The molecule has 0 rings (SSSR count). The van der Waals surface area contributed by atoms with Gasteiger partial charge in [-0.15, -0.1) is 0 Å². The van der Waals surface area contributed by atoms with Crippen molar-refractivity contribution in [2.75, 3.05) is 32.6 Å². The Labute approximate surface area is 314 Å². The van der Waals surface area contributed by atoms with Crippen molar-refractivity contribution in [1.82, 2.24) is 10.6 Å². The van der Waals surface area contributed by atoms with Gasteiger partial charge in [0.05, 0.1) is 0 Å². The first-order valence-corrected chi connectivity index (χ1v) is 21.6. The first kappa shape index (κ1) is 52.6. The first-order chi connectivity index (χ1) is 24.4. The summed E-state index contributed by atoms with van der Waals surface area (Å²) in [7, 11) is 1.90. The average molecular weight is 727 g/mol. The molecule has 0 aromatic rings. The molecule has 0 saturated carbocycles. The quantitative estimate of drug-likeness (QED) is 0.0405. The fourth-order valence-corrected chi connectivity index (χ4v) is 5.45. The molecule has 0 bridgehead atoms. The molecule has 0 fully saturated rings. The first-order valence-electron chi connectivity index (χ1n) is 20.6. The maximum Gasteiger partial charge on any atom is 0.306 e. The smallest absolute Gasteiger partial charge is 0.306 e. The highest BCUT2D eigenvalue weighted by Gasteiger charge is 2.05. The lowest BCUT2D eigenvalue weighted by molar-refractivity contribution is -0.143. The van der Waals surface area contributed by atoms with Crippen molar-refractivity contribution >= 4 is 28.9 Å². The van der Waals surface area contributed by atoms with Crippen LogP contribution in [0.15, 0.2) is 24.3 Å². The molecule has 0 radical (unpaired) electrons. The van der Waals surface area contributed by atoms with Crippen LogP contribution in [0.4, 0.5) is 4.79 Å². The molecule has 7 nitrogen and oxygen atoms in total. The Morgan fingerprint density at radius 3 is 1.42 bits per heavy atom. The molecular formula is C42H82N2O5S. The summed E-state index contributed by atoms with van der Waals surface area (Å²) in [6, 6.07) is 0.342. The molecule has 8 heteroatoms. The summed E-state index contributed by atoms with van der Waals surface area (Å²) in [4.78, 5) is 34.7. The molecule has 0 aromatic carbocycles. The largest absolute Gasteiger partial charge is 0.461 e. The molecule has 0 saturated heterocycles. The van der Waals surface area contributed by atoms with Crippen molar-refractivity contribution in [2.45, 2.75) is 195 Å². The maximum absolute atomic E-state index is 11.6. The molecule has 1 amide bonds. The minimum atomic E-state index is -0.101. The Kier molecular flexibility index (Phi) is 49.6. The van der Waals surface area contributed by atoms with Gasteiger partial charge in [0.2, 0.25) is 0 Å². The average Bonchev–Trinajstić information content (AvgIpc) is 3.13. The van der Waals surface area contributed by atoms with Crippen LogP contribution in [0.3, 0.4) is 0 Å². The standard InChI is InChI=1S/C22H42N2O3S.C18H34O2.C2H6/c1-4-5-6-7-8-12-15-18-27-21(25)16-13-10-9-11-14-17-24-22(26)28-19-20(2)23-3;1-3-5-7-9-11-13-15-17-20-18(19)16-14-12-10-8-6-4-2;1-2/h12,15,20,23H,4-11,13-14,16-19H2,1-3H3,(H,24,26);13,15H,3-12,14,16-17H2,1-2H3;1-2H3/b15-12-;15-13-;/t20-;;/m0../s1. The zero-order valence-corrected chi connectivity index (χ0v) is 34.7. The minimum absolute atomic E-state index is 0.0453. The van der Waals surface area contributed by atoms with Gasteiger partial charge in [-0.05, 0) is 58.9 Å². The molecule has 0 heterocycles.